The molecular weight excluding hydrogens is 515 g/mol. The average Bonchev–Trinajstić information content (AvgIpc) is 3.16. The number of benzene rings is 2. The standard InChI is InChI=1S/C30H33FN4O5/c1-21-8-10-23(11-9-21)19-34(3)27(17-28(37)35(20-36)18-22(2)30(38)39-4)33-24-12-14-25(15-13-24)40-29-26(31)7-5-6-16-32-29/h5-17,20,22,26,33H,18-19H2,1-4H3/b27-17-/t22-,26?/m0/s1. The van der Waals surface area contributed by atoms with Gasteiger partial charge in [0.05, 0.1) is 13.0 Å². The molecule has 2 atom stereocenters. The fraction of sp³-hybridized carbons (Fsp3) is 0.267. The summed E-state index contributed by atoms with van der Waals surface area (Å²) in [6.07, 6.45) is 6.18. The van der Waals surface area contributed by atoms with Crippen LogP contribution in [0.25, 0.3) is 0 Å². The van der Waals surface area contributed by atoms with Crippen molar-refractivity contribution in [3.63, 3.8) is 0 Å². The van der Waals surface area contributed by atoms with Crippen molar-refractivity contribution in [2.24, 2.45) is 10.9 Å². The second kappa shape index (κ2) is 14.4. The largest absolute Gasteiger partial charge is 0.469 e. The first-order valence-electron chi connectivity index (χ1n) is 12.6. The van der Waals surface area contributed by atoms with Crippen LogP contribution in [0, 0.1) is 12.8 Å². The lowest BCUT2D eigenvalue weighted by molar-refractivity contribution is -0.146. The van der Waals surface area contributed by atoms with Gasteiger partial charge in [-0.25, -0.2) is 9.38 Å². The zero-order valence-corrected chi connectivity index (χ0v) is 22.9. The van der Waals surface area contributed by atoms with Gasteiger partial charge in [0.1, 0.15) is 11.6 Å². The van der Waals surface area contributed by atoms with E-state index in [0.29, 0.717) is 30.2 Å². The van der Waals surface area contributed by atoms with Gasteiger partial charge < -0.3 is 19.7 Å². The second-order valence-corrected chi connectivity index (χ2v) is 9.24. The number of halogens is 1. The molecule has 0 radical (unpaired) electrons. The molecule has 2 amide bonds. The molecular formula is C30H33FN4O5. The molecule has 2 aromatic carbocycles. The van der Waals surface area contributed by atoms with Crippen LogP contribution in [0.15, 0.2) is 89.8 Å². The van der Waals surface area contributed by atoms with Crippen molar-refractivity contribution >= 4 is 29.9 Å². The number of imide groups is 1. The van der Waals surface area contributed by atoms with Crippen molar-refractivity contribution in [3.05, 3.63) is 96.0 Å². The molecule has 210 valence electrons. The minimum atomic E-state index is -1.47. The molecule has 0 aliphatic carbocycles. The van der Waals surface area contributed by atoms with Crippen LogP contribution in [-0.2, 0) is 25.7 Å². The molecule has 0 fully saturated rings. The van der Waals surface area contributed by atoms with E-state index in [1.807, 2.05) is 36.1 Å². The molecule has 1 aliphatic heterocycles. The molecule has 10 heteroatoms. The van der Waals surface area contributed by atoms with Crippen molar-refractivity contribution < 1.29 is 28.2 Å². The first-order chi connectivity index (χ1) is 19.2. The summed E-state index contributed by atoms with van der Waals surface area (Å²) in [6.45, 7) is 3.91. The van der Waals surface area contributed by atoms with E-state index in [0.717, 1.165) is 16.0 Å². The summed E-state index contributed by atoms with van der Waals surface area (Å²) in [4.78, 5) is 43.3. The Morgan fingerprint density at radius 3 is 2.48 bits per heavy atom. The maximum absolute atomic E-state index is 14.2. The van der Waals surface area contributed by atoms with Gasteiger partial charge in [0.25, 0.3) is 5.91 Å². The lowest BCUT2D eigenvalue weighted by Crippen LogP contribution is -2.36. The molecule has 3 rings (SSSR count). The highest BCUT2D eigenvalue weighted by Gasteiger charge is 2.21. The van der Waals surface area contributed by atoms with Crippen molar-refractivity contribution in [2.45, 2.75) is 26.6 Å². The van der Waals surface area contributed by atoms with E-state index in [9.17, 15) is 18.8 Å². The fourth-order valence-corrected chi connectivity index (χ4v) is 3.69. The average molecular weight is 549 g/mol. The van der Waals surface area contributed by atoms with E-state index in [4.69, 9.17) is 9.47 Å². The third-order valence-corrected chi connectivity index (χ3v) is 5.96. The number of hydrogen-bond donors (Lipinski definition) is 1. The number of carbonyl (C=O) groups excluding carboxylic acids is 3. The number of esters is 1. The van der Waals surface area contributed by atoms with Crippen LogP contribution < -0.4 is 10.1 Å². The quantitative estimate of drug-likeness (QED) is 0.253. The molecule has 1 aliphatic rings. The summed E-state index contributed by atoms with van der Waals surface area (Å²) in [5.74, 6) is -1.11. The summed E-state index contributed by atoms with van der Waals surface area (Å²) < 4.78 is 24.5. The van der Waals surface area contributed by atoms with E-state index in [1.165, 1.54) is 25.5 Å². The molecule has 40 heavy (non-hydrogen) atoms. The number of amides is 2. The Hall–Kier alpha value is -4.73. The number of aliphatic imine (C=N–C) groups is 1. The summed E-state index contributed by atoms with van der Waals surface area (Å²) in [5, 5.41) is 3.21. The summed E-state index contributed by atoms with van der Waals surface area (Å²) in [6, 6.07) is 14.7. The molecule has 1 heterocycles. The Bertz CT molecular complexity index is 1300. The van der Waals surface area contributed by atoms with E-state index < -0.39 is 24.0 Å². The van der Waals surface area contributed by atoms with Crippen LogP contribution in [0.2, 0.25) is 0 Å². The maximum Gasteiger partial charge on any atom is 0.310 e. The molecule has 0 saturated carbocycles. The van der Waals surface area contributed by atoms with Gasteiger partial charge in [-0.05, 0) is 48.9 Å². The number of rotatable bonds is 11. The van der Waals surface area contributed by atoms with Crippen LogP contribution >= 0.6 is 0 Å². The number of anilines is 1. The van der Waals surface area contributed by atoms with Gasteiger partial charge >= 0.3 is 5.97 Å². The van der Waals surface area contributed by atoms with Gasteiger partial charge in [0.15, 0.2) is 6.17 Å². The molecule has 1 N–H and O–H groups in total. The number of nitrogens with zero attached hydrogens (tertiary/aromatic N) is 3. The van der Waals surface area contributed by atoms with Gasteiger partial charge in [-0.3, -0.25) is 19.3 Å². The van der Waals surface area contributed by atoms with Gasteiger partial charge in [-0.2, -0.15) is 0 Å². The van der Waals surface area contributed by atoms with E-state index in [1.54, 1.807) is 50.4 Å². The molecule has 0 spiro atoms. The van der Waals surface area contributed by atoms with E-state index >= 15 is 0 Å². The molecule has 0 aromatic heterocycles. The van der Waals surface area contributed by atoms with Gasteiger partial charge in [0.2, 0.25) is 12.3 Å². The topological polar surface area (TPSA) is 101 Å². The number of hydrogen-bond acceptors (Lipinski definition) is 8. The Kier molecular flexibility index (Phi) is 10.8. The Labute approximate surface area is 233 Å². The SMILES string of the molecule is COC(=O)[C@@H](C)CN(C=O)C(=O)/C=C(/Nc1ccc(OC2=NC=CC=CC2F)cc1)N(C)Cc1ccc(C)cc1. The normalized spacial score (nSPS) is 15.4. The summed E-state index contributed by atoms with van der Waals surface area (Å²) in [7, 11) is 3.05. The number of ether oxygens (including phenoxy) is 2. The van der Waals surface area contributed by atoms with Crippen LogP contribution in [0.4, 0.5) is 10.1 Å². The number of methoxy groups -OCH3 is 1. The van der Waals surface area contributed by atoms with Crippen LogP contribution in [0.5, 0.6) is 5.75 Å². The van der Waals surface area contributed by atoms with Crippen molar-refractivity contribution in [1.29, 1.82) is 0 Å². The van der Waals surface area contributed by atoms with Crippen molar-refractivity contribution in [1.82, 2.24) is 9.80 Å². The second-order valence-electron chi connectivity index (χ2n) is 9.24. The highest BCUT2D eigenvalue weighted by atomic mass is 19.1. The van der Waals surface area contributed by atoms with E-state index in [-0.39, 0.29) is 12.4 Å². The predicted molar refractivity (Wildman–Crippen MR) is 151 cm³/mol. The number of nitrogens with one attached hydrogen (secondary N) is 1. The third-order valence-electron chi connectivity index (χ3n) is 5.96. The summed E-state index contributed by atoms with van der Waals surface area (Å²) >= 11 is 0. The number of aryl methyl sites for hydroxylation is 1. The van der Waals surface area contributed by atoms with E-state index in [2.05, 4.69) is 10.3 Å². The Balaban J connectivity index is 1.81. The Morgan fingerprint density at radius 2 is 1.82 bits per heavy atom. The smallest absolute Gasteiger partial charge is 0.310 e. The van der Waals surface area contributed by atoms with Crippen molar-refractivity contribution in [2.75, 3.05) is 26.0 Å². The zero-order chi connectivity index (χ0) is 29.1. The highest BCUT2D eigenvalue weighted by Crippen LogP contribution is 2.21. The third kappa shape index (κ3) is 8.65. The summed E-state index contributed by atoms with van der Waals surface area (Å²) in [5.41, 5.74) is 2.75. The van der Waals surface area contributed by atoms with Crippen LogP contribution in [0.1, 0.15) is 18.1 Å². The molecule has 1 unspecified atom stereocenters. The van der Waals surface area contributed by atoms with Gasteiger partial charge in [-0.1, -0.05) is 42.8 Å². The van der Waals surface area contributed by atoms with Crippen LogP contribution in [0.3, 0.4) is 0 Å². The predicted octanol–water partition coefficient (Wildman–Crippen LogP) is 4.37. The number of carbonyl (C=O) groups is 3. The molecule has 2 aromatic rings. The van der Waals surface area contributed by atoms with Crippen LogP contribution in [-0.4, -0.2) is 60.9 Å². The van der Waals surface area contributed by atoms with Gasteiger partial charge in [-0.15, -0.1) is 0 Å². The lowest BCUT2D eigenvalue weighted by atomic mass is 10.1. The van der Waals surface area contributed by atoms with Gasteiger partial charge in [0, 0.05) is 38.1 Å². The Morgan fingerprint density at radius 1 is 1.12 bits per heavy atom. The number of allylic oxidation sites excluding steroid dienone is 2. The molecule has 0 bridgehead atoms. The molecule has 9 nitrogen and oxygen atoms in total. The molecule has 0 saturated heterocycles. The minimum absolute atomic E-state index is 0.0788. The zero-order valence-electron chi connectivity index (χ0n) is 22.9. The fourth-order valence-electron chi connectivity index (χ4n) is 3.69. The monoisotopic (exact) mass is 548 g/mol. The number of alkyl halides is 1. The highest BCUT2D eigenvalue weighted by molar-refractivity contribution is 5.95. The maximum atomic E-state index is 14.2. The first kappa shape index (κ1) is 29.8. The lowest BCUT2D eigenvalue weighted by Gasteiger charge is -2.25. The first-order valence-corrected chi connectivity index (χ1v) is 12.6. The van der Waals surface area contributed by atoms with Crippen molar-refractivity contribution in [3.8, 4) is 5.75 Å². The minimum Gasteiger partial charge on any atom is -0.469 e.